The summed E-state index contributed by atoms with van der Waals surface area (Å²) in [5, 5.41) is 16.1. The number of nitriles is 1. The van der Waals surface area contributed by atoms with Gasteiger partial charge in [0.25, 0.3) is 10.0 Å². The number of Topliss-reactive ketones (excluding diaryl/α,β-unsaturated/α-hetero) is 2. The van der Waals surface area contributed by atoms with Gasteiger partial charge in [0.1, 0.15) is 16.0 Å². The van der Waals surface area contributed by atoms with Crippen LogP contribution in [0.4, 0.5) is 49.5 Å². The average Bonchev–Trinajstić information content (AvgIpc) is 3.03. The Bertz CT molecular complexity index is 1990. The van der Waals surface area contributed by atoms with E-state index in [2.05, 4.69) is 30.3 Å². The zero-order valence-corrected chi connectivity index (χ0v) is 25.5. The maximum atomic E-state index is 13.2. The summed E-state index contributed by atoms with van der Waals surface area (Å²) in [4.78, 5) is 32.2. The second kappa shape index (κ2) is 14.2. The minimum absolute atomic E-state index is 0.0662. The van der Waals surface area contributed by atoms with Crippen LogP contribution in [0.1, 0.15) is 22.3 Å². The highest BCUT2D eigenvalue weighted by atomic mass is 35.5. The van der Waals surface area contributed by atoms with Crippen molar-refractivity contribution in [2.24, 2.45) is 0 Å². The van der Waals surface area contributed by atoms with Crippen LogP contribution in [0.2, 0.25) is 5.02 Å². The fourth-order valence-electron chi connectivity index (χ4n) is 4.15. The number of anilines is 4. The average molecular weight is 712 g/mol. The van der Waals surface area contributed by atoms with Crippen LogP contribution in [0, 0.1) is 11.3 Å². The number of nitrogens with one attached hydrogen (secondary N) is 3. The Morgan fingerprint density at radius 1 is 0.917 bits per heavy atom. The van der Waals surface area contributed by atoms with Crippen molar-refractivity contribution in [2.45, 2.75) is 36.6 Å². The number of rotatable bonds is 4. The number of alkyl halides is 6. The number of hydrogen-bond acceptors (Lipinski definition) is 10. The predicted molar refractivity (Wildman–Crippen MR) is 160 cm³/mol. The number of aryl methyl sites for hydroxylation is 2. The molecular formula is C29H20ClF6N7O4S. The molecule has 1 aliphatic heterocycles. The minimum Gasteiger partial charge on any atom is -0.365 e. The van der Waals surface area contributed by atoms with Crippen molar-refractivity contribution in [1.82, 2.24) is 15.0 Å². The van der Waals surface area contributed by atoms with Gasteiger partial charge in [-0.2, -0.15) is 36.6 Å². The first-order valence-corrected chi connectivity index (χ1v) is 15.2. The summed E-state index contributed by atoms with van der Waals surface area (Å²) in [7, 11) is -3.98. The van der Waals surface area contributed by atoms with Crippen LogP contribution in [-0.4, -0.2) is 47.3 Å². The van der Waals surface area contributed by atoms with E-state index in [0.29, 0.717) is 41.9 Å². The molecule has 11 nitrogen and oxygen atoms in total. The van der Waals surface area contributed by atoms with Crippen molar-refractivity contribution in [1.29, 1.82) is 5.26 Å². The largest absolute Gasteiger partial charge is 0.458 e. The zero-order valence-electron chi connectivity index (χ0n) is 23.9. The first kappa shape index (κ1) is 35.6. The van der Waals surface area contributed by atoms with E-state index in [4.69, 9.17) is 11.6 Å². The summed E-state index contributed by atoms with van der Waals surface area (Å²) < 4.78 is 96.0. The number of halogens is 7. The van der Waals surface area contributed by atoms with Crippen molar-refractivity contribution < 1.29 is 44.3 Å². The van der Waals surface area contributed by atoms with E-state index in [9.17, 15) is 49.6 Å². The van der Waals surface area contributed by atoms with Crippen molar-refractivity contribution in [3.05, 3.63) is 94.4 Å². The highest BCUT2D eigenvalue weighted by molar-refractivity contribution is 7.92. The van der Waals surface area contributed by atoms with Crippen molar-refractivity contribution in [3.8, 4) is 6.07 Å². The molecule has 3 N–H and O–H groups in total. The molecule has 6 bridgehead atoms. The van der Waals surface area contributed by atoms with E-state index >= 15 is 0 Å². The van der Waals surface area contributed by atoms with Gasteiger partial charge in [0.15, 0.2) is 5.82 Å². The molecule has 0 saturated heterocycles. The van der Waals surface area contributed by atoms with Gasteiger partial charge in [-0.3, -0.25) is 19.3 Å². The summed E-state index contributed by atoms with van der Waals surface area (Å²) in [5.74, 6) is -5.96. The molecule has 250 valence electrons. The first-order valence-electron chi connectivity index (χ1n) is 13.3. The van der Waals surface area contributed by atoms with Gasteiger partial charge >= 0.3 is 23.9 Å². The topological polar surface area (TPSA) is 167 Å². The molecule has 4 aromatic rings. The van der Waals surface area contributed by atoms with Gasteiger partial charge in [0.05, 0.1) is 29.3 Å². The van der Waals surface area contributed by atoms with Gasteiger partial charge in [-0.05, 0) is 53.8 Å². The molecule has 0 spiro atoms. The first-order chi connectivity index (χ1) is 22.5. The normalized spacial score (nSPS) is 12.9. The lowest BCUT2D eigenvalue weighted by molar-refractivity contribution is -0.193. The van der Waals surface area contributed by atoms with Gasteiger partial charge in [-0.25, -0.2) is 13.4 Å². The zero-order chi connectivity index (χ0) is 35.3. The summed E-state index contributed by atoms with van der Waals surface area (Å²) in [6.45, 7) is 0.417. The molecule has 0 atom stereocenters. The van der Waals surface area contributed by atoms with Crippen LogP contribution >= 0.6 is 11.6 Å². The lowest BCUT2D eigenvalue weighted by Gasteiger charge is -2.17. The maximum absolute atomic E-state index is 13.2. The van der Waals surface area contributed by atoms with Crippen molar-refractivity contribution in [3.63, 3.8) is 0 Å². The number of fused-ring (bicyclic) bond motifs is 6. The number of carbonyl (C=O) groups is 2. The van der Waals surface area contributed by atoms with Gasteiger partial charge in [-0.1, -0.05) is 35.9 Å². The number of sulfonamides is 1. The van der Waals surface area contributed by atoms with Crippen LogP contribution in [0.25, 0.3) is 0 Å². The smallest absolute Gasteiger partial charge is 0.365 e. The van der Waals surface area contributed by atoms with Gasteiger partial charge in [0, 0.05) is 12.7 Å². The Hall–Kier alpha value is -5.28. The lowest BCUT2D eigenvalue weighted by Crippen LogP contribution is -2.39. The molecule has 0 radical (unpaired) electrons. The van der Waals surface area contributed by atoms with Gasteiger partial charge in [0.2, 0.25) is 5.95 Å². The second-order valence-electron chi connectivity index (χ2n) is 9.81. The second-order valence-corrected chi connectivity index (χ2v) is 11.9. The third-order valence-electron chi connectivity index (χ3n) is 6.37. The van der Waals surface area contributed by atoms with E-state index in [1.807, 2.05) is 24.3 Å². The number of hydrogen-bond donors (Lipinski definition) is 3. The number of nitrogens with zero attached hydrogens (tertiary/aromatic N) is 4. The Balaban J connectivity index is 0.000000371. The summed E-state index contributed by atoms with van der Waals surface area (Å²) in [6.07, 6.45) is -5.41. The van der Waals surface area contributed by atoms with Crippen molar-refractivity contribution in [2.75, 3.05) is 15.4 Å². The minimum atomic E-state index is -5.77. The lowest BCUT2D eigenvalue weighted by atomic mass is 10.0. The third-order valence-corrected chi connectivity index (χ3v) is 8.07. The molecule has 1 aliphatic rings. The number of benzene rings is 2. The molecule has 2 aromatic heterocycles. The highest BCUT2D eigenvalue weighted by Crippen LogP contribution is 2.28. The fourth-order valence-corrected chi connectivity index (χ4v) is 5.57. The summed E-state index contributed by atoms with van der Waals surface area (Å²) in [5.41, 5.74) is 3.93. The quantitative estimate of drug-likeness (QED) is 0.171. The van der Waals surface area contributed by atoms with E-state index in [1.54, 1.807) is 30.6 Å². The van der Waals surface area contributed by atoms with Crippen LogP contribution in [-0.2, 0) is 39.0 Å². The van der Waals surface area contributed by atoms with Crippen LogP contribution in [0.3, 0.4) is 0 Å². The van der Waals surface area contributed by atoms with E-state index in [-0.39, 0.29) is 10.5 Å². The standard InChI is InChI=1S/C25H20ClN7O2S.C4F6O2/c26-21-15-30-25-31-20-10-17(12-28-14-20)5-7-18-9-16(13-29-24(21)32-25)6-8-22(18)33-36(34,35)23-4-2-1-3-19(23)11-27;5-3(6,7)1(11)2(12)4(8,9)10/h1-4,6,8-10,12,14-15,33H,5,7,13H2,(H2,29,30,31,32);. The maximum Gasteiger partial charge on any atom is 0.458 e. The van der Waals surface area contributed by atoms with E-state index < -0.39 is 33.9 Å². The Kier molecular flexibility index (Phi) is 10.5. The van der Waals surface area contributed by atoms with Crippen LogP contribution < -0.4 is 15.4 Å². The van der Waals surface area contributed by atoms with E-state index in [1.165, 1.54) is 18.3 Å². The molecule has 0 aliphatic carbocycles. The summed E-state index contributed by atoms with van der Waals surface area (Å²) in [6, 6.07) is 15.5. The molecule has 0 saturated carbocycles. The Labute approximate surface area is 273 Å². The molecule has 48 heavy (non-hydrogen) atoms. The van der Waals surface area contributed by atoms with E-state index in [0.717, 1.165) is 22.4 Å². The molecule has 19 heteroatoms. The SMILES string of the molecule is N#Cc1ccccc1S(=O)(=O)Nc1ccc2cc1CCc1cncc(c1)Nc1ncc(Cl)c(n1)NC2.O=C(C(=O)C(F)(F)F)C(F)(F)F. The third kappa shape index (κ3) is 8.95. The number of pyridine rings is 1. The predicted octanol–water partition coefficient (Wildman–Crippen LogP) is 5.90. The molecular weight excluding hydrogens is 692 g/mol. The van der Waals surface area contributed by atoms with Crippen LogP contribution in [0.15, 0.2) is 72.0 Å². The number of aromatic nitrogens is 3. The molecule has 2 aromatic carbocycles. The summed E-state index contributed by atoms with van der Waals surface area (Å²) >= 11 is 6.29. The Morgan fingerprint density at radius 2 is 1.60 bits per heavy atom. The molecule has 0 fully saturated rings. The number of carbonyl (C=O) groups excluding carboxylic acids is 2. The molecule has 0 amide bonds. The molecule has 3 heterocycles. The van der Waals surface area contributed by atoms with Gasteiger partial charge in [-0.15, -0.1) is 0 Å². The molecule has 5 rings (SSSR count). The van der Waals surface area contributed by atoms with Crippen molar-refractivity contribution >= 4 is 56.3 Å². The highest BCUT2D eigenvalue weighted by Gasteiger charge is 2.54. The monoisotopic (exact) mass is 711 g/mol. The fraction of sp³-hybridized carbons (Fsp3) is 0.172. The van der Waals surface area contributed by atoms with Gasteiger partial charge < -0.3 is 10.6 Å². The van der Waals surface area contributed by atoms with Crippen LogP contribution in [0.5, 0.6) is 0 Å². The number of ketones is 2. The molecule has 0 unspecified atom stereocenters. The Morgan fingerprint density at radius 3 is 2.27 bits per heavy atom.